The summed E-state index contributed by atoms with van der Waals surface area (Å²) in [5.41, 5.74) is 0. The van der Waals surface area contributed by atoms with Crippen LogP contribution in [0.4, 0.5) is 0 Å². The Morgan fingerprint density at radius 2 is 2.45 bits per heavy atom. The number of aryl methyl sites for hydroxylation is 1. The van der Waals surface area contributed by atoms with Crippen molar-refractivity contribution in [3.63, 3.8) is 0 Å². The van der Waals surface area contributed by atoms with E-state index in [1.165, 1.54) is 0 Å². The van der Waals surface area contributed by atoms with Crippen molar-refractivity contribution in [2.75, 3.05) is 0 Å². The molecule has 0 unspecified atom stereocenters. The predicted octanol–water partition coefficient (Wildman–Crippen LogP) is 1.18. The van der Waals surface area contributed by atoms with Gasteiger partial charge in [-0.2, -0.15) is 0 Å². The van der Waals surface area contributed by atoms with E-state index >= 15 is 0 Å². The molecular weight excluding hydrogens is 140 g/mol. The maximum atomic E-state index is 8.83. The fraction of sp³-hybridized carbons (Fsp3) is 0.625. The van der Waals surface area contributed by atoms with Gasteiger partial charge in [-0.3, -0.25) is 0 Å². The maximum absolute atomic E-state index is 8.83. The van der Waals surface area contributed by atoms with E-state index in [4.69, 9.17) is 5.11 Å². The van der Waals surface area contributed by atoms with Crippen LogP contribution in [0.25, 0.3) is 0 Å². The molecule has 0 amide bonds. The standard InChI is InChI=1S/C8H14N2O/c1-2-3-4-8-9-5-6-10(8)7-11/h5-6,11H,2-4,7H2,1H3. The molecule has 3 heteroatoms. The number of hydrogen-bond acceptors (Lipinski definition) is 2. The molecule has 0 aliphatic rings. The Kier molecular flexibility index (Phi) is 3.11. The number of aromatic nitrogens is 2. The number of hydrogen-bond donors (Lipinski definition) is 1. The molecule has 0 aromatic carbocycles. The summed E-state index contributed by atoms with van der Waals surface area (Å²) in [6, 6.07) is 0. The molecule has 0 bridgehead atoms. The van der Waals surface area contributed by atoms with Gasteiger partial charge in [0, 0.05) is 18.8 Å². The van der Waals surface area contributed by atoms with Crippen molar-refractivity contribution < 1.29 is 5.11 Å². The van der Waals surface area contributed by atoms with Crippen molar-refractivity contribution >= 4 is 0 Å². The minimum atomic E-state index is 0.0407. The molecule has 1 N–H and O–H groups in total. The zero-order valence-corrected chi connectivity index (χ0v) is 6.82. The Morgan fingerprint density at radius 3 is 3.09 bits per heavy atom. The summed E-state index contributed by atoms with van der Waals surface area (Å²) in [6.45, 7) is 2.19. The van der Waals surface area contributed by atoms with E-state index in [0.29, 0.717) is 0 Å². The highest BCUT2D eigenvalue weighted by Gasteiger charge is 1.98. The summed E-state index contributed by atoms with van der Waals surface area (Å²) in [4.78, 5) is 4.13. The number of imidazole rings is 1. The highest BCUT2D eigenvalue weighted by atomic mass is 16.3. The van der Waals surface area contributed by atoms with E-state index in [2.05, 4.69) is 11.9 Å². The first-order chi connectivity index (χ1) is 5.38. The first-order valence-corrected chi connectivity index (χ1v) is 3.99. The molecule has 1 aromatic rings. The summed E-state index contributed by atoms with van der Waals surface area (Å²) >= 11 is 0. The second kappa shape index (κ2) is 4.13. The third-order valence-corrected chi connectivity index (χ3v) is 1.71. The highest BCUT2D eigenvalue weighted by molar-refractivity contribution is 4.91. The van der Waals surface area contributed by atoms with E-state index in [-0.39, 0.29) is 6.73 Å². The monoisotopic (exact) mass is 154 g/mol. The van der Waals surface area contributed by atoms with E-state index in [0.717, 1.165) is 25.1 Å². The van der Waals surface area contributed by atoms with Crippen molar-refractivity contribution in [3.8, 4) is 0 Å². The van der Waals surface area contributed by atoms with E-state index in [1.807, 2.05) is 0 Å². The number of unbranched alkanes of at least 4 members (excludes halogenated alkanes) is 1. The quantitative estimate of drug-likeness (QED) is 0.707. The smallest absolute Gasteiger partial charge is 0.120 e. The van der Waals surface area contributed by atoms with E-state index < -0.39 is 0 Å². The summed E-state index contributed by atoms with van der Waals surface area (Å²) in [5, 5.41) is 8.83. The molecule has 1 heterocycles. The highest BCUT2D eigenvalue weighted by Crippen LogP contribution is 2.01. The van der Waals surface area contributed by atoms with Crippen LogP contribution in [0.1, 0.15) is 25.6 Å². The lowest BCUT2D eigenvalue weighted by molar-refractivity contribution is 0.206. The maximum Gasteiger partial charge on any atom is 0.120 e. The zero-order chi connectivity index (χ0) is 8.10. The van der Waals surface area contributed by atoms with E-state index in [9.17, 15) is 0 Å². The molecule has 0 fully saturated rings. The predicted molar refractivity (Wildman–Crippen MR) is 43.1 cm³/mol. The van der Waals surface area contributed by atoms with Crippen LogP contribution < -0.4 is 0 Å². The Labute approximate surface area is 66.7 Å². The minimum absolute atomic E-state index is 0.0407. The van der Waals surface area contributed by atoms with Crippen LogP contribution in [0.5, 0.6) is 0 Å². The van der Waals surface area contributed by atoms with Crippen molar-refractivity contribution in [3.05, 3.63) is 18.2 Å². The van der Waals surface area contributed by atoms with Gasteiger partial charge in [-0.15, -0.1) is 0 Å². The van der Waals surface area contributed by atoms with Crippen LogP contribution in [-0.4, -0.2) is 14.7 Å². The lowest BCUT2D eigenvalue weighted by Gasteiger charge is -2.01. The molecule has 0 radical (unpaired) electrons. The average molecular weight is 154 g/mol. The SMILES string of the molecule is CCCCc1nccn1CO. The second-order valence-corrected chi connectivity index (χ2v) is 2.56. The Balaban J connectivity index is 2.54. The van der Waals surface area contributed by atoms with Gasteiger partial charge in [0.1, 0.15) is 12.6 Å². The molecule has 1 aromatic heterocycles. The number of aliphatic hydroxyl groups is 1. The van der Waals surface area contributed by atoms with Gasteiger partial charge in [0.15, 0.2) is 0 Å². The number of rotatable bonds is 4. The third-order valence-electron chi connectivity index (χ3n) is 1.71. The average Bonchev–Trinajstić information content (AvgIpc) is 2.47. The van der Waals surface area contributed by atoms with Crippen molar-refractivity contribution in [1.82, 2.24) is 9.55 Å². The molecule has 0 aliphatic carbocycles. The Hall–Kier alpha value is -0.830. The summed E-state index contributed by atoms with van der Waals surface area (Å²) < 4.78 is 1.76. The summed E-state index contributed by atoms with van der Waals surface area (Å²) in [5.74, 6) is 0.981. The lowest BCUT2D eigenvalue weighted by atomic mass is 10.2. The fourth-order valence-corrected chi connectivity index (χ4v) is 1.03. The topological polar surface area (TPSA) is 38.0 Å². The summed E-state index contributed by atoms with van der Waals surface area (Å²) in [6.07, 6.45) is 6.78. The summed E-state index contributed by atoms with van der Waals surface area (Å²) in [7, 11) is 0. The van der Waals surface area contributed by atoms with Gasteiger partial charge in [-0.25, -0.2) is 4.98 Å². The van der Waals surface area contributed by atoms with Gasteiger partial charge >= 0.3 is 0 Å². The molecule has 3 nitrogen and oxygen atoms in total. The van der Waals surface area contributed by atoms with E-state index in [1.54, 1.807) is 17.0 Å². The largest absolute Gasteiger partial charge is 0.376 e. The van der Waals surface area contributed by atoms with Crippen LogP contribution in [-0.2, 0) is 13.2 Å². The fourth-order valence-electron chi connectivity index (χ4n) is 1.03. The second-order valence-electron chi connectivity index (χ2n) is 2.56. The van der Waals surface area contributed by atoms with Gasteiger partial charge in [-0.1, -0.05) is 13.3 Å². The van der Waals surface area contributed by atoms with Crippen LogP contribution in [0, 0.1) is 0 Å². The number of nitrogens with zero attached hydrogens (tertiary/aromatic N) is 2. The van der Waals surface area contributed by atoms with Gasteiger partial charge in [0.25, 0.3) is 0 Å². The Bertz CT molecular complexity index is 208. The van der Waals surface area contributed by atoms with Gasteiger partial charge in [-0.05, 0) is 6.42 Å². The first kappa shape index (κ1) is 8.27. The van der Waals surface area contributed by atoms with Crippen LogP contribution >= 0.6 is 0 Å². The van der Waals surface area contributed by atoms with Crippen molar-refractivity contribution in [1.29, 1.82) is 0 Å². The minimum Gasteiger partial charge on any atom is -0.376 e. The molecule has 0 saturated carbocycles. The molecule has 1 rings (SSSR count). The third kappa shape index (κ3) is 2.05. The zero-order valence-electron chi connectivity index (χ0n) is 6.82. The molecule has 0 spiro atoms. The van der Waals surface area contributed by atoms with Crippen molar-refractivity contribution in [2.24, 2.45) is 0 Å². The van der Waals surface area contributed by atoms with Gasteiger partial charge < -0.3 is 9.67 Å². The molecule has 62 valence electrons. The molecule has 11 heavy (non-hydrogen) atoms. The van der Waals surface area contributed by atoms with Gasteiger partial charge in [0.05, 0.1) is 0 Å². The molecular formula is C8H14N2O. The lowest BCUT2D eigenvalue weighted by Crippen LogP contribution is -2.01. The molecule has 0 aliphatic heterocycles. The van der Waals surface area contributed by atoms with Gasteiger partial charge in [0.2, 0.25) is 0 Å². The van der Waals surface area contributed by atoms with Crippen molar-refractivity contribution in [2.45, 2.75) is 32.9 Å². The molecule has 0 atom stereocenters. The normalized spacial score (nSPS) is 10.4. The molecule has 0 saturated heterocycles. The first-order valence-electron chi connectivity index (χ1n) is 3.99. The van der Waals surface area contributed by atoms with Crippen LogP contribution in [0.2, 0.25) is 0 Å². The van der Waals surface area contributed by atoms with Crippen LogP contribution in [0.3, 0.4) is 0 Å². The Morgan fingerprint density at radius 1 is 1.64 bits per heavy atom. The van der Waals surface area contributed by atoms with Crippen LogP contribution in [0.15, 0.2) is 12.4 Å². The number of aliphatic hydroxyl groups excluding tert-OH is 1.